The number of fused-ring (bicyclic) bond motifs is 3. The summed E-state index contributed by atoms with van der Waals surface area (Å²) >= 11 is 0. The first-order valence-electron chi connectivity index (χ1n) is 9.59. The summed E-state index contributed by atoms with van der Waals surface area (Å²) in [5, 5.41) is 12.8. The average Bonchev–Trinajstić information content (AvgIpc) is 3.18. The number of hydrogen-bond donors (Lipinski definition) is 2. The fraction of sp³-hybridized carbons (Fsp3) is 0.0833. The lowest BCUT2D eigenvalue weighted by atomic mass is 9.88. The van der Waals surface area contributed by atoms with E-state index in [1.807, 2.05) is 0 Å². The van der Waals surface area contributed by atoms with E-state index in [-0.39, 0.29) is 22.7 Å². The molecule has 0 fully saturated rings. The number of anilines is 1. The second kappa shape index (κ2) is 7.28. The zero-order valence-corrected chi connectivity index (χ0v) is 16.0. The number of ether oxygens (including phenoxy) is 1. The van der Waals surface area contributed by atoms with Crippen LogP contribution in [0.3, 0.4) is 0 Å². The lowest BCUT2D eigenvalue weighted by molar-refractivity contribution is -0.122. The van der Waals surface area contributed by atoms with Crippen molar-refractivity contribution >= 4 is 22.6 Å². The molecule has 5 rings (SSSR count). The minimum atomic E-state index is -1.15. The Balaban J connectivity index is 1.65. The number of rotatable bonds is 3. The summed E-state index contributed by atoms with van der Waals surface area (Å²) in [5.41, 5.74) is 0.512. The number of amides is 1. The van der Waals surface area contributed by atoms with Crippen molar-refractivity contribution in [1.82, 2.24) is 0 Å². The number of benzene rings is 3. The highest BCUT2D eigenvalue weighted by Crippen LogP contribution is 2.44. The predicted molar refractivity (Wildman–Crippen MR) is 112 cm³/mol. The number of carbonyl (C=O) groups excluding carboxylic acids is 1. The van der Waals surface area contributed by atoms with Crippen LogP contribution in [0, 0.1) is 5.82 Å². The summed E-state index contributed by atoms with van der Waals surface area (Å²) in [7, 11) is 0. The largest absolute Gasteiger partial charge is 0.508 e. The number of aromatic hydroxyl groups is 1. The molecule has 1 aromatic heterocycles. The third-order valence-electron chi connectivity index (χ3n) is 5.30. The number of nitrogens with one attached hydrogen (secondary N) is 1. The van der Waals surface area contributed by atoms with Crippen LogP contribution in [-0.2, 0) is 4.79 Å². The Kier molecular flexibility index (Phi) is 4.43. The lowest BCUT2D eigenvalue weighted by Crippen LogP contribution is -2.35. The number of carbonyl (C=O) groups is 1. The summed E-state index contributed by atoms with van der Waals surface area (Å²) in [6.45, 7) is 0. The topological polar surface area (TPSA) is 88.8 Å². The summed E-state index contributed by atoms with van der Waals surface area (Å²) in [6, 6.07) is 18.8. The van der Waals surface area contributed by atoms with Crippen molar-refractivity contribution in [3.05, 3.63) is 100 Å². The van der Waals surface area contributed by atoms with E-state index in [0.717, 1.165) is 0 Å². The van der Waals surface area contributed by atoms with Gasteiger partial charge in [-0.25, -0.2) is 9.18 Å². The Morgan fingerprint density at radius 3 is 2.45 bits per heavy atom. The molecule has 2 unspecified atom stereocenters. The maximum absolute atomic E-state index is 14.1. The third kappa shape index (κ3) is 3.20. The van der Waals surface area contributed by atoms with Gasteiger partial charge in [0.1, 0.15) is 22.9 Å². The molecule has 31 heavy (non-hydrogen) atoms. The van der Waals surface area contributed by atoms with E-state index in [2.05, 4.69) is 5.32 Å². The van der Waals surface area contributed by atoms with Gasteiger partial charge in [-0.1, -0.05) is 36.4 Å². The molecule has 2 N–H and O–H groups in total. The number of phenolic OH excluding ortho intramolecular Hbond substituents is 1. The molecule has 2 atom stereocenters. The SMILES string of the molecule is O=C(Nc1ccccc1F)C1Oc2c(c(=O)oc3ccccc23)C1c1ccc(O)cc1. The fourth-order valence-corrected chi connectivity index (χ4v) is 3.87. The Morgan fingerprint density at radius 2 is 1.68 bits per heavy atom. The van der Waals surface area contributed by atoms with Crippen LogP contribution < -0.4 is 15.7 Å². The van der Waals surface area contributed by atoms with E-state index in [1.165, 1.54) is 30.3 Å². The molecule has 154 valence electrons. The smallest absolute Gasteiger partial charge is 0.344 e. The van der Waals surface area contributed by atoms with Gasteiger partial charge in [-0.3, -0.25) is 4.79 Å². The van der Waals surface area contributed by atoms with Crippen LogP contribution >= 0.6 is 0 Å². The molecule has 1 aliphatic rings. The van der Waals surface area contributed by atoms with Gasteiger partial charge in [-0.2, -0.15) is 0 Å². The molecule has 0 spiro atoms. The predicted octanol–water partition coefficient (Wildman–Crippen LogP) is 4.17. The van der Waals surface area contributed by atoms with Crippen molar-refractivity contribution in [3.8, 4) is 11.5 Å². The summed E-state index contributed by atoms with van der Waals surface area (Å²) in [5.74, 6) is -1.69. The van der Waals surface area contributed by atoms with Crippen molar-refractivity contribution in [2.45, 2.75) is 12.0 Å². The quantitative estimate of drug-likeness (QED) is 0.489. The molecule has 0 radical (unpaired) electrons. The van der Waals surface area contributed by atoms with Gasteiger partial charge >= 0.3 is 5.63 Å². The van der Waals surface area contributed by atoms with Gasteiger partial charge in [0.25, 0.3) is 5.91 Å². The summed E-state index contributed by atoms with van der Waals surface area (Å²) < 4.78 is 25.6. The molecule has 2 heterocycles. The normalized spacial score (nSPS) is 17.2. The van der Waals surface area contributed by atoms with Crippen LogP contribution in [0.15, 0.2) is 82.0 Å². The molecule has 3 aromatic carbocycles. The zero-order chi connectivity index (χ0) is 21.5. The number of para-hydroxylation sites is 2. The van der Waals surface area contributed by atoms with Gasteiger partial charge in [-0.05, 0) is 42.0 Å². The first kappa shape index (κ1) is 18.9. The molecule has 7 heteroatoms. The van der Waals surface area contributed by atoms with Crippen molar-refractivity contribution in [2.75, 3.05) is 5.32 Å². The van der Waals surface area contributed by atoms with E-state index in [1.54, 1.807) is 42.5 Å². The highest BCUT2D eigenvalue weighted by atomic mass is 19.1. The van der Waals surface area contributed by atoms with Crippen LogP contribution in [0.2, 0.25) is 0 Å². The Morgan fingerprint density at radius 1 is 0.968 bits per heavy atom. The van der Waals surface area contributed by atoms with Crippen LogP contribution in [0.5, 0.6) is 11.5 Å². The van der Waals surface area contributed by atoms with Gasteiger partial charge in [-0.15, -0.1) is 0 Å². The molecule has 0 saturated heterocycles. The molecule has 6 nitrogen and oxygen atoms in total. The zero-order valence-electron chi connectivity index (χ0n) is 16.0. The van der Waals surface area contributed by atoms with Crippen molar-refractivity contribution in [2.24, 2.45) is 0 Å². The van der Waals surface area contributed by atoms with Crippen molar-refractivity contribution < 1.29 is 23.4 Å². The van der Waals surface area contributed by atoms with Gasteiger partial charge in [0.15, 0.2) is 6.10 Å². The standard InChI is InChI=1S/C24H16FNO5/c25-16-6-2-3-7-17(16)26-23(28)22-19(13-9-11-14(27)12-10-13)20-21(31-22)15-5-1-4-8-18(15)30-24(20)29/h1-12,19,22,27H,(H,26,28). The second-order valence-electron chi connectivity index (χ2n) is 7.21. The van der Waals surface area contributed by atoms with E-state index in [0.29, 0.717) is 16.5 Å². The van der Waals surface area contributed by atoms with Crippen LogP contribution in [0.1, 0.15) is 17.0 Å². The molecular weight excluding hydrogens is 401 g/mol. The van der Waals surface area contributed by atoms with Gasteiger partial charge in [0.05, 0.1) is 22.6 Å². The minimum absolute atomic E-state index is 0.00778. The maximum atomic E-state index is 14.1. The van der Waals surface area contributed by atoms with E-state index in [4.69, 9.17) is 9.15 Å². The molecule has 1 aliphatic heterocycles. The first-order chi connectivity index (χ1) is 15.0. The molecule has 0 saturated carbocycles. The monoisotopic (exact) mass is 417 g/mol. The van der Waals surface area contributed by atoms with Crippen LogP contribution in [0.4, 0.5) is 10.1 Å². The Hall–Kier alpha value is -4.13. The Bertz CT molecular complexity index is 1360. The van der Waals surface area contributed by atoms with Crippen molar-refractivity contribution in [1.29, 1.82) is 0 Å². The average molecular weight is 417 g/mol. The van der Waals surface area contributed by atoms with Gasteiger partial charge in [0.2, 0.25) is 0 Å². The van der Waals surface area contributed by atoms with Crippen LogP contribution in [0.25, 0.3) is 11.0 Å². The molecule has 4 aromatic rings. The highest BCUT2D eigenvalue weighted by molar-refractivity contribution is 5.97. The van der Waals surface area contributed by atoms with Crippen molar-refractivity contribution in [3.63, 3.8) is 0 Å². The second-order valence-corrected chi connectivity index (χ2v) is 7.21. The maximum Gasteiger partial charge on any atom is 0.344 e. The minimum Gasteiger partial charge on any atom is -0.508 e. The lowest BCUT2D eigenvalue weighted by Gasteiger charge is -2.19. The molecular formula is C24H16FNO5. The Labute approximate surface area is 175 Å². The third-order valence-corrected chi connectivity index (χ3v) is 5.30. The van der Waals surface area contributed by atoms with Gasteiger partial charge < -0.3 is 19.6 Å². The van der Waals surface area contributed by atoms with E-state index >= 15 is 0 Å². The first-order valence-corrected chi connectivity index (χ1v) is 9.59. The van der Waals surface area contributed by atoms with Crippen LogP contribution in [-0.4, -0.2) is 17.1 Å². The van der Waals surface area contributed by atoms with E-state index in [9.17, 15) is 19.1 Å². The summed E-state index contributed by atoms with van der Waals surface area (Å²) in [6.07, 6.45) is -1.15. The summed E-state index contributed by atoms with van der Waals surface area (Å²) in [4.78, 5) is 26.0. The molecule has 0 bridgehead atoms. The number of halogens is 1. The fourth-order valence-electron chi connectivity index (χ4n) is 3.87. The molecule has 1 amide bonds. The van der Waals surface area contributed by atoms with E-state index < -0.39 is 29.4 Å². The number of hydrogen-bond acceptors (Lipinski definition) is 5. The highest BCUT2D eigenvalue weighted by Gasteiger charge is 2.44. The van der Waals surface area contributed by atoms with Gasteiger partial charge in [0, 0.05) is 0 Å². The number of phenols is 1. The molecule has 0 aliphatic carbocycles.